The zero-order chi connectivity index (χ0) is 20.1. The lowest BCUT2D eigenvalue weighted by atomic mass is 10.1. The van der Waals surface area contributed by atoms with Gasteiger partial charge < -0.3 is 10.1 Å². The Morgan fingerprint density at radius 2 is 2.00 bits per heavy atom. The third kappa shape index (κ3) is 4.28. The molecule has 0 saturated carbocycles. The highest BCUT2D eigenvalue weighted by Gasteiger charge is 2.25. The molecule has 1 heterocycles. The van der Waals surface area contributed by atoms with Gasteiger partial charge in [-0.1, -0.05) is 25.1 Å². The van der Waals surface area contributed by atoms with Crippen LogP contribution in [0.25, 0.3) is 5.69 Å². The number of benzene rings is 2. The fourth-order valence-electron chi connectivity index (χ4n) is 2.80. The Hall–Kier alpha value is -3.00. The van der Waals surface area contributed by atoms with Crippen molar-refractivity contribution >= 4 is 23.4 Å². The van der Waals surface area contributed by atoms with Crippen molar-refractivity contribution in [2.45, 2.75) is 25.3 Å². The molecule has 1 amide bonds. The lowest BCUT2D eigenvalue weighted by Crippen LogP contribution is -2.36. The number of hydrogen-bond donors (Lipinski definition) is 2. The molecule has 3 aromatic rings. The summed E-state index contributed by atoms with van der Waals surface area (Å²) in [5.74, 6) is 0.598. The van der Waals surface area contributed by atoms with Gasteiger partial charge in [-0.2, -0.15) is 0 Å². The average Bonchev–Trinajstić information content (AvgIpc) is 3.08. The van der Waals surface area contributed by atoms with Crippen LogP contribution in [0.1, 0.15) is 18.1 Å². The summed E-state index contributed by atoms with van der Waals surface area (Å²) in [6.45, 7) is 4.00. The van der Waals surface area contributed by atoms with Gasteiger partial charge >= 0.3 is 10.7 Å². The first-order chi connectivity index (χ1) is 13.5. The molecule has 0 aliphatic rings. The van der Waals surface area contributed by atoms with E-state index < -0.39 is 5.63 Å². The van der Waals surface area contributed by atoms with Crippen LogP contribution < -0.4 is 20.4 Å². The maximum Gasteiger partial charge on any atom is 0.442 e. The van der Waals surface area contributed by atoms with Crippen molar-refractivity contribution in [3.8, 4) is 11.4 Å². The van der Waals surface area contributed by atoms with Gasteiger partial charge in [0.2, 0.25) is 11.6 Å². The Morgan fingerprint density at radius 3 is 2.68 bits per heavy atom. The fourth-order valence-corrected chi connectivity index (χ4v) is 3.57. The summed E-state index contributed by atoms with van der Waals surface area (Å²) in [5.41, 5.74) is 3.08. The highest BCUT2D eigenvalue weighted by Crippen LogP contribution is 2.22. The van der Waals surface area contributed by atoms with Gasteiger partial charge in [-0.05, 0) is 58.3 Å². The van der Waals surface area contributed by atoms with Gasteiger partial charge in [-0.15, -0.1) is 0 Å². The molecule has 0 aliphatic carbocycles. The van der Waals surface area contributed by atoms with Crippen molar-refractivity contribution in [2.24, 2.45) is 0 Å². The standard InChI is InChI=1S/C20H21N3O4S/c1-4-14-7-5-6-13(2)18(14)21-17(24)12-28-19-20(25)27-22-23(19)15-8-10-16(26-3)11-9-15/h5-11H,4,12H2,1-3H3,(H-,21,22,24,25)/p+1. The molecule has 0 aliphatic heterocycles. The topological polar surface area (TPSA) is 88.2 Å². The third-order valence-electron chi connectivity index (χ3n) is 4.28. The van der Waals surface area contributed by atoms with Crippen LogP contribution in [0.5, 0.6) is 5.75 Å². The minimum Gasteiger partial charge on any atom is -0.497 e. The van der Waals surface area contributed by atoms with Crippen LogP contribution >= 0.6 is 11.8 Å². The molecule has 1 aromatic heterocycles. The first-order valence-corrected chi connectivity index (χ1v) is 9.81. The number of aryl methyl sites for hydroxylation is 2. The first-order valence-electron chi connectivity index (χ1n) is 8.82. The number of H-pyrrole nitrogens is 1. The maximum absolute atomic E-state index is 12.5. The summed E-state index contributed by atoms with van der Waals surface area (Å²) in [4.78, 5) is 24.5. The smallest absolute Gasteiger partial charge is 0.442 e. The molecule has 7 nitrogen and oxygen atoms in total. The Balaban J connectivity index is 1.74. The summed E-state index contributed by atoms with van der Waals surface area (Å²) in [7, 11) is 1.58. The molecule has 0 unspecified atom stereocenters. The number of anilines is 1. The van der Waals surface area contributed by atoms with E-state index in [1.165, 1.54) is 4.68 Å². The van der Waals surface area contributed by atoms with E-state index in [1.54, 1.807) is 31.4 Å². The molecule has 2 aromatic carbocycles. The Morgan fingerprint density at radius 1 is 1.25 bits per heavy atom. The van der Waals surface area contributed by atoms with Gasteiger partial charge in [0.05, 0.1) is 12.9 Å². The van der Waals surface area contributed by atoms with Crippen molar-refractivity contribution in [2.75, 3.05) is 18.2 Å². The van der Waals surface area contributed by atoms with Crippen LogP contribution in [0.2, 0.25) is 0 Å². The summed E-state index contributed by atoms with van der Waals surface area (Å²) < 4.78 is 11.6. The van der Waals surface area contributed by atoms with Crippen LogP contribution in [-0.2, 0) is 11.2 Å². The van der Waals surface area contributed by atoms with Crippen LogP contribution in [0.15, 0.2) is 56.8 Å². The van der Waals surface area contributed by atoms with Crippen LogP contribution in [0, 0.1) is 6.92 Å². The lowest BCUT2D eigenvalue weighted by Gasteiger charge is -2.12. The second kappa shape index (κ2) is 8.79. The van der Waals surface area contributed by atoms with Crippen LogP contribution in [0.3, 0.4) is 0 Å². The molecule has 2 N–H and O–H groups in total. The molecule has 3 rings (SSSR count). The van der Waals surface area contributed by atoms with Crippen molar-refractivity contribution in [1.29, 1.82) is 0 Å². The van der Waals surface area contributed by atoms with Crippen molar-refractivity contribution < 1.29 is 18.7 Å². The van der Waals surface area contributed by atoms with Gasteiger partial charge in [-0.3, -0.25) is 9.32 Å². The predicted molar refractivity (Wildman–Crippen MR) is 107 cm³/mol. The van der Waals surface area contributed by atoms with Gasteiger partial charge in [-0.25, -0.2) is 4.79 Å². The monoisotopic (exact) mass is 400 g/mol. The number of aromatic amines is 1. The summed E-state index contributed by atoms with van der Waals surface area (Å²) in [6, 6.07) is 13.1. The van der Waals surface area contributed by atoms with Crippen molar-refractivity contribution in [3.05, 3.63) is 64.0 Å². The van der Waals surface area contributed by atoms with E-state index in [9.17, 15) is 9.59 Å². The minimum atomic E-state index is -0.529. The highest BCUT2D eigenvalue weighted by molar-refractivity contribution is 7.99. The molecule has 0 atom stereocenters. The number of ether oxygens (including phenoxy) is 1. The number of hydrogen-bond acceptors (Lipinski definition) is 5. The molecule has 0 bridgehead atoms. The van der Waals surface area contributed by atoms with E-state index in [4.69, 9.17) is 9.26 Å². The number of thioether (sulfide) groups is 1. The SMILES string of the molecule is CCc1cccc(C)c1NC(=O)CSc1c(=O)o[nH][n+]1-c1ccc(OC)cc1. The molecule has 0 saturated heterocycles. The molecule has 0 fully saturated rings. The number of rotatable bonds is 7. The third-order valence-corrected chi connectivity index (χ3v) is 5.31. The maximum atomic E-state index is 12.5. The molecular weight excluding hydrogens is 378 g/mol. The first kappa shape index (κ1) is 19.8. The molecular formula is C20H22N3O4S+. The van der Waals surface area contributed by atoms with Crippen molar-refractivity contribution in [1.82, 2.24) is 5.27 Å². The molecule has 0 spiro atoms. The summed E-state index contributed by atoms with van der Waals surface area (Å²) in [6.07, 6.45) is 0.823. The second-order valence-corrected chi connectivity index (χ2v) is 7.08. The number of carbonyl (C=O) groups excluding carboxylic acids is 1. The van der Waals surface area contributed by atoms with Crippen LogP contribution in [-0.4, -0.2) is 24.0 Å². The van der Waals surface area contributed by atoms with E-state index in [0.29, 0.717) is 16.5 Å². The summed E-state index contributed by atoms with van der Waals surface area (Å²) >= 11 is 1.11. The molecule has 146 valence electrons. The Labute approximate surface area is 166 Å². The van der Waals surface area contributed by atoms with Gasteiger partial charge in [0.1, 0.15) is 5.75 Å². The highest BCUT2D eigenvalue weighted by atomic mass is 32.2. The molecule has 8 heteroatoms. The molecule has 28 heavy (non-hydrogen) atoms. The van der Waals surface area contributed by atoms with E-state index >= 15 is 0 Å². The number of carbonyl (C=O) groups is 1. The normalized spacial score (nSPS) is 10.7. The number of para-hydroxylation sites is 1. The quantitative estimate of drug-likeness (QED) is 0.470. The van der Waals surface area contributed by atoms with E-state index in [1.807, 2.05) is 32.0 Å². The average molecular weight is 400 g/mol. The zero-order valence-electron chi connectivity index (χ0n) is 15.9. The van der Waals surface area contributed by atoms with Crippen molar-refractivity contribution in [3.63, 3.8) is 0 Å². The van der Waals surface area contributed by atoms with Crippen LogP contribution in [0.4, 0.5) is 5.69 Å². The van der Waals surface area contributed by atoms with Gasteiger partial charge in [0.15, 0.2) is 0 Å². The minimum absolute atomic E-state index is 0.0796. The second-order valence-electron chi connectivity index (χ2n) is 6.12. The summed E-state index contributed by atoms with van der Waals surface area (Å²) in [5, 5.41) is 5.81. The fraction of sp³-hybridized carbons (Fsp3) is 0.250. The largest absolute Gasteiger partial charge is 0.497 e. The van der Waals surface area contributed by atoms with E-state index in [0.717, 1.165) is 35.0 Å². The lowest BCUT2D eigenvalue weighted by molar-refractivity contribution is -0.704. The number of nitrogens with one attached hydrogen (secondary N) is 2. The van der Waals surface area contributed by atoms with E-state index in [2.05, 4.69) is 10.6 Å². The van der Waals surface area contributed by atoms with E-state index in [-0.39, 0.29) is 11.7 Å². The number of amides is 1. The molecule has 0 radical (unpaired) electrons. The van der Waals surface area contributed by atoms with Gasteiger partial charge in [0, 0.05) is 17.8 Å². The number of methoxy groups -OCH3 is 1. The predicted octanol–water partition coefficient (Wildman–Crippen LogP) is 2.85. The van der Waals surface area contributed by atoms with Gasteiger partial charge in [0.25, 0.3) is 0 Å². The number of aromatic nitrogens is 2. The number of nitrogens with zero attached hydrogens (tertiary/aromatic N) is 1. The Kier molecular flexibility index (Phi) is 6.20. The Bertz CT molecular complexity index is 1020. The zero-order valence-corrected chi connectivity index (χ0v) is 16.8.